The molecule has 0 saturated heterocycles. The quantitative estimate of drug-likeness (QED) is 0.585. The van der Waals surface area contributed by atoms with Gasteiger partial charge in [-0.2, -0.15) is 0 Å². The molecule has 1 aromatic carbocycles. The Balaban J connectivity index is 3.00. The van der Waals surface area contributed by atoms with E-state index in [2.05, 4.69) is 0 Å². The molecule has 16 heavy (non-hydrogen) atoms. The van der Waals surface area contributed by atoms with Gasteiger partial charge in [-0.25, -0.2) is 4.39 Å². The molecule has 0 aliphatic heterocycles. The van der Waals surface area contributed by atoms with Crippen LogP contribution in [0.5, 0.6) is 0 Å². The van der Waals surface area contributed by atoms with Crippen molar-refractivity contribution in [3.63, 3.8) is 0 Å². The van der Waals surface area contributed by atoms with Gasteiger partial charge in [0.2, 0.25) is 0 Å². The summed E-state index contributed by atoms with van der Waals surface area (Å²) in [6.07, 6.45) is 0. The number of hydrogen-bond donors (Lipinski definition) is 0. The summed E-state index contributed by atoms with van der Waals surface area (Å²) in [5.74, 6) is -0.174. The number of anilines is 1. The number of halogens is 1. The van der Waals surface area contributed by atoms with E-state index in [4.69, 9.17) is 0 Å². The van der Waals surface area contributed by atoms with Crippen molar-refractivity contribution in [1.82, 2.24) is 0 Å². The van der Waals surface area contributed by atoms with E-state index in [1.54, 1.807) is 11.9 Å². The number of rotatable bonds is 4. The molecule has 4 nitrogen and oxygen atoms in total. The van der Waals surface area contributed by atoms with E-state index in [-0.39, 0.29) is 5.69 Å². The maximum absolute atomic E-state index is 13.2. The Morgan fingerprint density at radius 2 is 2.06 bits per heavy atom. The second-order valence-electron chi connectivity index (χ2n) is 4.20. The van der Waals surface area contributed by atoms with Gasteiger partial charge in [0.15, 0.2) is 0 Å². The van der Waals surface area contributed by atoms with Crippen LogP contribution in [0.25, 0.3) is 0 Å². The summed E-state index contributed by atoms with van der Waals surface area (Å²) in [5, 5.41) is 10.6. The summed E-state index contributed by atoms with van der Waals surface area (Å²) in [5.41, 5.74) is 0.311. The zero-order chi connectivity index (χ0) is 12.3. The van der Waals surface area contributed by atoms with E-state index in [9.17, 15) is 14.5 Å². The molecule has 0 radical (unpaired) electrons. The molecule has 0 N–H and O–H groups in total. The normalized spacial score (nSPS) is 10.6. The zero-order valence-corrected chi connectivity index (χ0v) is 9.61. The van der Waals surface area contributed by atoms with Crippen molar-refractivity contribution in [2.75, 3.05) is 18.5 Å². The van der Waals surface area contributed by atoms with Crippen LogP contribution in [0, 0.1) is 21.8 Å². The fourth-order valence-corrected chi connectivity index (χ4v) is 1.54. The number of nitro groups is 1. The summed E-state index contributed by atoms with van der Waals surface area (Å²) < 4.78 is 13.2. The Kier molecular flexibility index (Phi) is 3.82. The molecular weight excluding hydrogens is 211 g/mol. The van der Waals surface area contributed by atoms with Gasteiger partial charge in [0.1, 0.15) is 5.82 Å². The Hall–Kier alpha value is -1.65. The van der Waals surface area contributed by atoms with Crippen molar-refractivity contribution < 1.29 is 9.31 Å². The second kappa shape index (κ2) is 4.92. The highest BCUT2D eigenvalue weighted by atomic mass is 19.1. The Morgan fingerprint density at radius 3 is 2.56 bits per heavy atom. The molecule has 5 heteroatoms. The highest BCUT2D eigenvalue weighted by molar-refractivity contribution is 5.53. The molecule has 1 rings (SSSR count). The first-order valence-electron chi connectivity index (χ1n) is 5.06. The Bertz CT molecular complexity index is 394. The lowest BCUT2D eigenvalue weighted by molar-refractivity contribution is -0.385. The molecule has 0 bridgehead atoms. The van der Waals surface area contributed by atoms with Gasteiger partial charge in [-0.1, -0.05) is 13.8 Å². The van der Waals surface area contributed by atoms with Crippen LogP contribution in [0.1, 0.15) is 13.8 Å². The smallest absolute Gasteiger partial charge is 0.274 e. The number of hydrogen-bond acceptors (Lipinski definition) is 3. The molecule has 0 fully saturated rings. The molecule has 0 amide bonds. The third kappa shape index (κ3) is 3.18. The maximum atomic E-state index is 13.2. The SMILES string of the molecule is CC(C)CN(C)c1cc(F)cc([N+](=O)[O-])c1. The number of benzene rings is 1. The summed E-state index contributed by atoms with van der Waals surface area (Å²) >= 11 is 0. The van der Waals surface area contributed by atoms with Gasteiger partial charge in [-0.05, 0) is 12.0 Å². The van der Waals surface area contributed by atoms with Gasteiger partial charge in [0.25, 0.3) is 5.69 Å². The summed E-state index contributed by atoms with van der Waals surface area (Å²) in [6.45, 7) is 4.79. The number of nitrogens with zero attached hydrogens (tertiary/aromatic N) is 2. The summed E-state index contributed by atoms with van der Waals surface area (Å²) in [6, 6.07) is 3.60. The molecule has 88 valence electrons. The Morgan fingerprint density at radius 1 is 1.44 bits per heavy atom. The lowest BCUT2D eigenvalue weighted by Gasteiger charge is -2.21. The first-order valence-corrected chi connectivity index (χ1v) is 5.06. The zero-order valence-electron chi connectivity index (χ0n) is 9.61. The Labute approximate surface area is 93.8 Å². The third-order valence-corrected chi connectivity index (χ3v) is 2.16. The molecule has 0 unspecified atom stereocenters. The number of non-ortho nitro benzene ring substituents is 1. The highest BCUT2D eigenvalue weighted by Gasteiger charge is 2.12. The molecule has 0 heterocycles. The van der Waals surface area contributed by atoms with Crippen molar-refractivity contribution >= 4 is 11.4 Å². The van der Waals surface area contributed by atoms with Crippen LogP contribution in [0.3, 0.4) is 0 Å². The largest absolute Gasteiger partial charge is 0.374 e. The van der Waals surface area contributed by atoms with Crippen LogP contribution < -0.4 is 4.90 Å². The van der Waals surface area contributed by atoms with Crippen LogP contribution in [0.2, 0.25) is 0 Å². The molecule has 0 spiro atoms. The van der Waals surface area contributed by atoms with Crippen molar-refractivity contribution in [1.29, 1.82) is 0 Å². The van der Waals surface area contributed by atoms with E-state index in [0.717, 1.165) is 12.6 Å². The van der Waals surface area contributed by atoms with Crippen molar-refractivity contribution in [3.8, 4) is 0 Å². The molecule has 0 aromatic heterocycles. The van der Waals surface area contributed by atoms with E-state index < -0.39 is 10.7 Å². The van der Waals surface area contributed by atoms with Gasteiger partial charge in [-0.3, -0.25) is 10.1 Å². The second-order valence-corrected chi connectivity index (χ2v) is 4.20. The van der Waals surface area contributed by atoms with Gasteiger partial charge >= 0.3 is 0 Å². The van der Waals surface area contributed by atoms with Gasteiger partial charge < -0.3 is 4.90 Å². The van der Waals surface area contributed by atoms with Crippen LogP contribution >= 0.6 is 0 Å². The third-order valence-electron chi connectivity index (χ3n) is 2.16. The average Bonchev–Trinajstić information content (AvgIpc) is 2.15. The standard InChI is InChI=1S/C11H15FN2O2/c1-8(2)7-13(3)10-4-9(12)5-11(6-10)14(15)16/h4-6,8H,7H2,1-3H3. The van der Waals surface area contributed by atoms with E-state index in [1.165, 1.54) is 12.1 Å². The average molecular weight is 226 g/mol. The minimum atomic E-state index is -0.588. The predicted molar refractivity (Wildman–Crippen MR) is 61.2 cm³/mol. The minimum absolute atomic E-state index is 0.217. The lowest BCUT2D eigenvalue weighted by Crippen LogP contribution is -2.22. The first kappa shape index (κ1) is 12.4. The molecule has 0 atom stereocenters. The predicted octanol–water partition coefficient (Wildman–Crippen LogP) is 2.83. The molecule has 0 saturated carbocycles. The van der Waals surface area contributed by atoms with E-state index >= 15 is 0 Å². The van der Waals surface area contributed by atoms with Crippen LogP contribution in [0.4, 0.5) is 15.8 Å². The van der Waals surface area contributed by atoms with Crippen molar-refractivity contribution in [2.45, 2.75) is 13.8 Å². The van der Waals surface area contributed by atoms with E-state index in [0.29, 0.717) is 11.6 Å². The fraction of sp³-hybridized carbons (Fsp3) is 0.455. The van der Waals surface area contributed by atoms with Gasteiger partial charge in [-0.15, -0.1) is 0 Å². The number of nitro benzene ring substituents is 1. The summed E-state index contributed by atoms with van der Waals surface area (Å²) in [7, 11) is 1.79. The van der Waals surface area contributed by atoms with Crippen molar-refractivity contribution in [2.24, 2.45) is 5.92 Å². The van der Waals surface area contributed by atoms with E-state index in [1.807, 2.05) is 13.8 Å². The topological polar surface area (TPSA) is 46.4 Å². The van der Waals surface area contributed by atoms with Gasteiger partial charge in [0.05, 0.1) is 11.0 Å². The summed E-state index contributed by atoms with van der Waals surface area (Å²) in [4.78, 5) is 11.8. The first-order chi connectivity index (χ1) is 7.40. The fourth-order valence-electron chi connectivity index (χ4n) is 1.54. The monoisotopic (exact) mass is 226 g/mol. The highest BCUT2D eigenvalue weighted by Crippen LogP contribution is 2.23. The van der Waals surface area contributed by atoms with Crippen LogP contribution in [-0.2, 0) is 0 Å². The molecule has 1 aromatic rings. The maximum Gasteiger partial charge on any atom is 0.274 e. The van der Waals surface area contributed by atoms with Crippen molar-refractivity contribution in [3.05, 3.63) is 34.1 Å². The minimum Gasteiger partial charge on any atom is -0.374 e. The lowest BCUT2D eigenvalue weighted by atomic mass is 10.2. The van der Waals surface area contributed by atoms with Crippen LogP contribution in [-0.4, -0.2) is 18.5 Å². The molecule has 0 aliphatic rings. The molecule has 0 aliphatic carbocycles. The molecular formula is C11H15FN2O2. The van der Waals surface area contributed by atoms with Gasteiger partial charge in [0, 0.05) is 25.3 Å². The van der Waals surface area contributed by atoms with Crippen LogP contribution in [0.15, 0.2) is 18.2 Å².